The van der Waals surface area contributed by atoms with Crippen LogP contribution in [-0.4, -0.2) is 11.8 Å². The lowest BCUT2D eigenvalue weighted by Crippen LogP contribution is -2.19. The van der Waals surface area contributed by atoms with Gasteiger partial charge in [0.25, 0.3) is 0 Å². The van der Waals surface area contributed by atoms with Crippen LogP contribution in [0.15, 0.2) is 4.99 Å². The third-order valence-electron chi connectivity index (χ3n) is 4.75. The second kappa shape index (κ2) is 4.27. The molecule has 84 valence electrons. The fraction of sp³-hybridized carbons (Fsp3) is 0.929. The predicted molar refractivity (Wildman–Crippen MR) is 64.4 cm³/mol. The number of nitrogens with zero attached hydrogens (tertiary/aromatic N) is 1. The minimum Gasteiger partial charge on any atom is -0.290 e. The van der Waals surface area contributed by atoms with Gasteiger partial charge in [-0.1, -0.05) is 32.1 Å². The van der Waals surface area contributed by atoms with Crippen LogP contribution >= 0.6 is 0 Å². The maximum absolute atomic E-state index is 5.05. The maximum atomic E-state index is 5.05. The lowest BCUT2D eigenvalue weighted by atomic mass is 9.80. The molecule has 0 radical (unpaired) electrons. The highest BCUT2D eigenvalue weighted by atomic mass is 14.9. The monoisotopic (exact) mass is 205 g/mol. The topological polar surface area (TPSA) is 12.4 Å². The lowest BCUT2D eigenvalue weighted by molar-refractivity contribution is 0.336. The smallest absolute Gasteiger partial charge is 0.0530 e. The van der Waals surface area contributed by atoms with Gasteiger partial charge in [0, 0.05) is 5.71 Å². The minimum absolute atomic E-state index is 0.746. The Morgan fingerprint density at radius 2 is 1.53 bits per heavy atom. The molecule has 1 heterocycles. The Bertz CT molecular complexity index is 250. The highest BCUT2D eigenvalue weighted by molar-refractivity contribution is 5.88. The van der Waals surface area contributed by atoms with Crippen LogP contribution in [0.4, 0.5) is 0 Å². The Balaban J connectivity index is 1.66. The molecule has 3 rings (SSSR count). The van der Waals surface area contributed by atoms with Gasteiger partial charge in [-0.3, -0.25) is 4.99 Å². The van der Waals surface area contributed by atoms with E-state index in [1.54, 1.807) is 5.71 Å². The third-order valence-corrected chi connectivity index (χ3v) is 4.75. The van der Waals surface area contributed by atoms with E-state index in [0.717, 1.165) is 17.9 Å². The molecule has 0 unspecified atom stereocenters. The summed E-state index contributed by atoms with van der Waals surface area (Å²) in [6.45, 7) is 0. The molecular weight excluding hydrogens is 182 g/mol. The highest BCUT2D eigenvalue weighted by Crippen LogP contribution is 2.38. The number of rotatable bonds is 1. The first-order chi connectivity index (χ1) is 7.43. The summed E-state index contributed by atoms with van der Waals surface area (Å²) in [6, 6.07) is 0.746. The normalized spacial score (nSPS) is 37.5. The summed E-state index contributed by atoms with van der Waals surface area (Å²) in [5.74, 6) is 1.85. The van der Waals surface area contributed by atoms with Gasteiger partial charge in [-0.15, -0.1) is 0 Å². The van der Waals surface area contributed by atoms with Crippen molar-refractivity contribution < 1.29 is 0 Å². The molecule has 2 saturated carbocycles. The standard InChI is InChI=1S/C14H23N/c1-2-6-11(7-3-1)14-10-12-8-4-5-9-13(12)15-14/h11-13H,1-10H2/t12-,13-/m0/s1. The Morgan fingerprint density at radius 1 is 0.800 bits per heavy atom. The first-order valence-electron chi connectivity index (χ1n) is 7.00. The molecule has 0 N–H and O–H groups in total. The van der Waals surface area contributed by atoms with Crippen molar-refractivity contribution in [3.05, 3.63) is 0 Å². The molecule has 1 heteroatoms. The molecule has 15 heavy (non-hydrogen) atoms. The number of aliphatic imine (C=N–C) groups is 1. The van der Waals surface area contributed by atoms with Gasteiger partial charge in [-0.25, -0.2) is 0 Å². The lowest BCUT2D eigenvalue weighted by Gasteiger charge is -2.23. The Hall–Kier alpha value is -0.330. The summed E-state index contributed by atoms with van der Waals surface area (Å²) in [5.41, 5.74) is 1.63. The maximum Gasteiger partial charge on any atom is 0.0530 e. The van der Waals surface area contributed by atoms with E-state index in [4.69, 9.17) is 4.99 Å². The Labute approximate surface area is 93.4 Å². The van der Waals surface area contributed by atoms with E-state index in [-0.39, 0.29) is 0 Å². The molecule has 0 amide bonds. The van der Waals surface area contributed by atoms with Gasteiger partial charge in [0.1, 0.15) is 0 Å². The van der Waals surface area contributed by atoms with Gasteiger partial charge in [-0.2, -0.15) is 0 Å². The zero-order valence-electron chi connectivity index (χ0n) is 9.75. The van der Waals surface area contributed by atoms with Crippen LogP contribution in [0.3, 0.4) is 0 Å². The Kier molecular flexibility index (Phi) is 2.81. The van der Waals surface area contributed by atoms with Crippen LogP contribution in [0, 0.1) is 11.8 Å². The molecule has 0 aromatic heterocycles. The molecule has 0 saturated heterocycles. The van der Waals surface area contributed by atoms with Crippen LogP contribution in [0.2, 0.25) is 0 Å². The van der Waals surface area contributed by atoms with Gasteiger partial charge < -0.3 is 0 Å². The van der Waals surface area contributed by atoms with Crippen LogP contribution in [0.1, 0.15) is 64.2 Å². The summed E-state index contributed by atoms with van der Waals surface area (Å²) in [7, 11) is 0. The predicted octanol–water partition coefficient (Wildman–Crippen LogP) is 3.97. The largest absolute Gasteiger partial charge is 0.290 e. The van der Waals surface area contributed by atoms with E-state index >= 15 is 0 Å². The fourth-order valence-electron chi connectivity index (χ4n) is 3.84. The van der Waals surface area contributed by atoms with Gasteiger partial charge in [0.15, 0.2) is 0 Å². The highest BCUT2D eigenvalue weighted by Gasteiger charge is 2.34. The van der Waals surface area contributed by atoms with E-state index in [1.807, 2.05) is 0 Å². The minimum atomic E-state index is 0.746. The quantitative estimate of drug-likeness (QED) is 0.614. The fourth-order valence-corrected chi connectivity index (χ4v) is 3.84. The number of hydrogen-bond donors (Lipinski definition) is 0. The molecule has 0 aromatic rings. The first-order valence-corrected chi connectivity index (χ1v) is 7.00. The zero-order valence-corrected chi connectivity index (χ0v) is 9.75. The Morgan fingerprint density at radius 3 is 2.33 bits per heavy atom. The van der Waals surface area contributed by atoms with Crippen molar-refractivity contribution in [2.45, 2.75) is 70.3 Å². The van der Waals surface area contributed by atoms with Crippen molar-refractivity contribution in [1.82, 2.24) is 0 Å². The third kappa shape index (κ3) is 1.98. The zero-order chi connectivity index (χ0) is 10.1. The molecule has 2 atom stereocenters. The van der Waals surface area contributed by atoms with Gasteiger partial charge in [0.2, 0.25) is 0 Å². The molecule has 0 spiro atoms. The van der Waals surface area contributed by atoms with Crippen LogP contribution in [-0.2, 0) is 0 Å². The van der Waals surface area contributed by atoms with Crippen molar-refractivity contribution >= 4 is 5.71 Å². The first kappa shape index (κ1) is 9.86. The number of hydrogen-bond acceptors (Lipinski definition) is 1. The van der Waals surface area contributed by atoms with E-state index in [1.165, 1.54) is 64.2 Å². The van der Waals surface area contributed by atoms with Gasteiger partial charge >= 0.3 is 0 Å². The van der Waals surface area contributed by atoms with Crippen LogP contribution in [0.25, 0.3) is 0 Å². The summed E-state index contributed by atoms with van der Waals surface area (Å²) >= 11 is 0. The van der Waals surface area contributed by atoms with Crippen molar-refractivity contribution in [2.75, 3.05) is 0 Å². The average molecular weight is 205 g/mol. The van der Waals surface area contributed by atoms with E-state index in [2.05, 4.69) is 0 Å². The average Bonchev–Trinajstić information content (AvgIpc) is 2.74. The van der Waals surface area contributed by atoms with E-state index in [0.29, 0.717) is 0 Å². The second-order valence-electron chi connectivity index (χ2n) is 5.77. The SMILES string of the molecule is C1CCC(C2=N[C@H]3CCCC[C@H]3C2)CC1. The van der Waals surface area contributed by atoms with Crippen molar-refractivity contribution in [3.8, 4) is 0 Å². The number of fused-ring (bicyclic) bond motifs is 1. The molecule has 1 nitrogen and oxygen atoms in total. The summed E-state index contributed by atoms with van der Waals surface area (Å²) in [5, 5.41) is 0. The molecule has 2 aliphatic carbocycles. The van der Waals surface area contributed by atoms with Crippen LogP contribution in [0.5, 0.6) is 0 Å². The molecular formula is C14H23N. The van der Waals surface area contributed by atoms with E-state index < -0.39 is 0 Å². The van der Waals surface area contributed by atoms with Crippen LogP contribution < -0.4 is 0 Å². The summed E-state index contributed by atoms with van der Waals surface area (Å²) < 4.78 is 0. The molecule has 0 bridgehead atoms. The summed E-state index contributed by atoms with van der Waals surface area (Å²) in [4.78, 5) is 5.05. The van der Waals surface area contributed by atoms with Crippen molar-refractivity contribution in [3.63, 3.8) is 0 Å². The van der Waals surface area contributed by atoms with Gasteiger partial charge in [-0.05, 0) is 43.9 Å². The second-order valence-corrected chi connectivity index (χ2v) is 5.77. The van der Waals surface area contributed by atoms with Crippen molar-refractivity contribution in [2.24, 2.45) is 16.8 Å². The van der Waals surface area contributed by atoms with Gasteiger partial charge in [0.05, 0.1) is 6.04 Å². The summed E-state index contributed by atoms with van der Waals surface area (Å²) in [6.07, 6.45) is 14.4. The molecule has 2 fully saturated rings. The molecule has 3 aliphatic rings. The van der Waals surface area contributed by atoms with Crippen molar-refractivity contribution in [1.29, 1.82) is 0 Å². The van der Waals surface area contributed by atoms with E-state index in [9.17, 15) is 0 Å². The molecule has 1 aliphatic heterocycles. The molecule has 0 aromatic carbocycles.